The fourth-order valence-corrected chi connectivity index (χ4v) is 1.15. The van der Waals surface area contributed by atoms with Crippen LogP contribution in [0, 0.1) is 5.92 Å². The van der Waals surface area contributed by atoms with Crippen molar-refractivity contribution in [1.82, 2.24) is 0 Å². The number of hydrogen-bond acceptors (Lipinski definition) is 0. The second kappa shape index (κ2) is 4.89. The van der Waals surface area contributed by atoms with E-state index in [2.05, 4.69) is 0 Å². The summed E-state index contributed by atoms with van der Waals surface area (Å²) in [6, 6.07) is 0. The molecule has 0 fully saturated rings. The molecule has 1 unspecified atom stereocenters. The van der Waals surface area contributed by atoms with Gasteiger partial charge in [-0.05, 0) is 19.3 Å². The summed E-state index contributed by atoms with van der Waals surface area (Å²) in [4.78, 5) is 0. The van der Waals surface area contributed by atoms with Crippen LogP contribution in [0.3, 0.4) is 0 Å². The Hall–Kier alpha value is -0.420. The first kappa shape index (κ1) is 13.6. The van der Waals surface area contributed by atoms with Gasteiger partial charge in [0.25, 0.3) is 0 Å². The molecule has 0 rings (SSSR count). The molecular formula is C8H12F6. The molecule has 0 aromatic heterocycles. The first-order chi connectivity index (χ1) is 6.17. The molecule has 0 amide bonds. The number of alkyl halides is 6. The van der Waals surface area contributed by atoms with Gasteiger partial charge in [-0.1, -0.05) is 6.92 Å². The Morgan fingerprint density at radius 3 is 1.79 bits per heavy atom. The minimum absolute atomic E-state index is 0.165. The first-order valence-electron chi connectivity index (χ1n) is 4.30. The third-order valence-corrected chi connectivity index (χ3v) is 1.97. The average Bonchev–Trinajstić information content (AvgIpc) is 1.93. The Kier molecular flexibility index (Phi) is 4.74. The van der Waals surface area contributed by atoms with Crippen LogP contribution in [0.4, 0.5) is 26.3 Å². The van der Waals surface area contributed by atoms with Crippen LogP contribution >= 0.6 is 0 Å². The molecule has 6 heteroatoms. The number of hydrogen-bond donors (Lipinski definition) is 0. The lowest BCUT2D eigenvalue weighted by Crippen LogP contribution is -2.22. The van der Waals surface area contributed by atoms with Gasteiger partial charge in [0, 0.05) is 6.42 Å². The van der Waals surface area contributed by atoms with Crippen LogP contribution < -0.4 is 0 Å². The molecule has 0 nitrogen and oxygen atoms in total. The van der Waals surface area contributed by atoms with E-state index >= 15 is 0 Å². The van der Waals surface area contributed by atoms with E-state index < -0.39 is 37.5 Å². The molecule has 0 saturated heterocycles. The number of rotatable bonds is 4. The quantitative estimate of drug-likeness (QED) is 0.622. The highest BCUT2D eigenvalue weighted by molar-refractivity contribution is 4.66. The molecule has 0 radical (unpaired) electrons. The van der Waals surface area contributed by atoms with Crippen molar-refractivity contribution < 1.29 is 26.3 Å². The minimum atomic E-state index is -4.37. The highest BCUT2D eigenvalue weighted by Crippen LogP contribution is 2.34. The van der Waals surface area contributed by atoms with E-state index in [9.17, 15) is 26.3 Å². The Labute approximate surface area is 78.3 Å². The molecule has 0 aromatic rings. The van der Waals surface area contributed by atoms with Gasteiger partial charge in [-0.3, -0.25) is 0 Å². The maximum Gasteiger partial charge on any atom is 0.391 e. The van der Waals surface area contributed by atoms with E-state index in [-0.39, 0.29) is 6.42 Å². The summed E-state index contributed by atoms with van der Waals surface area (Å²) < 4.78 is 71.1. The average molecular weight is 222 g/mol. The van der Waals surface area contributed by atoms with Crippen molar-refractivity contribution in [3.05, 3.63) is 0 Å². The van der Waals surface area contributed by atoms with Crippen molar-refractivity contribution in [2.45, 2.75) is 45.0 Å². The van der Waals surface area contributed by atoms with Crippen LogP contribution in [0.5, 0.6) is 0 Å². The van der Waals surface area contributed by atoms with Gasteiger partial charge >= 0.3 is 12.4 Å². The molecule has 0 aliphatic heterocycles. The third-order valence-electron chi connectivity index (χ3n) is 1.97. The summed E-state index contributed by atoms with van der Waals surface area (Å²) >= 11 is 0. The maximum atomic E-state index is 12.1. The Morgan fingerprint density at radius 2 is 1.50 bits per heavy atom. The lowest BCUT2D eigenvalue weighted by atomic mass is 9.99. The van der Waals surface area contributed by atoms with Crippen molar-refractivity contribution in [3.63, 3.8) is 0 Å². The first-order valence-corrected chi connectivity index (χ1v) is 4.30. The van der Waals surface area contributed by atoms with Gasteiger partial charge < -0.3 is 0 Å². The van der Waals surface area contributed by atoms with Crippen LogP contribution in [0.15, 0.2) is 0 Å². The van der Waals surface area contributed by atoms with E-state index in [4.69, 9.17) is 0 Å². The molecule has 0 aliphatic rings. The van der Waals surface area contributed by atoms with Crippen molar-refractivity contribution in [3.8, 4) is 0 Å². The minimum Gasteiger partial charge on any atom is -0.171 e. The van der Waals surface area contributed by atoms with E-state index in [0.717, 1.165) is 0 Å². The fraction of sp³-hybridized carbons (Fsp3) is 1.00. The second-order valence-electron chi connectivity index (χ2n) is 3.15. The van der Waals surface area contributed by atoms with Crippen LogP contribution in [0.1, 0.15) is 32.6 Å². The van der Waals surface area contributed by atoms with Gasteiger partial charge in [-0.25, -0.2) is 0 Å². The van der Waals surface area contributed by atoms with Gasteiger partial charge in [0.2, 0.25) is 0 Å². The van der Waals surface area contributed by atoms with Crippen LogP contribution in [-0.4, -0.2) is 12.4 Å². The molecule has 14 heavy (non-hydrogen) atoms. The predicted molar refractivity (Wildman–Crippen MR) is 39.7 cm³/mol. The van der Waals surface area contributed by atoms with Crippen molar-refractivity contribution in [2.75, 3.05) is 0 Å². The normalized spacial score (nSPS) is 15.6. The molecule has 0 spiro atoms. The summed E-state index contributed by atoms with van der Waals surface area (Å²) in [5.41, 5.74) is 0. The summed E-state index contributed by atoms with van der Waals surface area (Å²) in [7, 11) is 0. The lowest BCUT2D eigenvalue weighted by molar-refractivity contribution is -0.181. The summed E-state index contributed by atoms with van der Waals surface area (Å²) in [5.74, 6) is -1.61. The molecule has 86 valence electrons. The third kappa shape index (κ3) is 6.10. The van der Waals surface area contributed by atoms with Gasteiger partial charge in [0.1, 0.15) is 0 Å². The van der Waals surface area contributed by atoms with E-state index in [0.29, 0.717) is 0 Å². The highest BCUT2D eigenvalue weighted by atomic mass is 19.4. The van der Waals surface area contributed by atoms with Gasteiger partial charge in [0.05, 0.1) is 5.92 Å². The predicted octanol–water partition coefficient (Wildman–Crippen LogP) is 4.31. The topological polar surface area (TPSA) is 0 Å². The fourth-order valence-electron chi connectivity index (χ4n) is 1.15. The Morgan fingerprint density at radius 1 is 1.00 bits per heavy atom. The molecule has 1 atom stereocenters. The van der Waals surface area contributed by atoms with Crippen molar-refractivity contribution in [2.24, 2.45) is 5.92 Å². The number of halogens is 6. The van der Waals surface area contributed by atoms with Gasteiger partial charge in [0.15, 0.2) is 0 Å². The Bertz CT molecular complexity index is 156. The molecule has 0 bridgehead atoms. The van der Waals surface area contributed by atoms with Crippen LogP contribution in [0.2, 0.25) is 0 Å². The second-order valence-corrected chi connectivity index (χ2v) is 3.15. The SMILES string of the molecule is CCC(CCCC(F)(F)F)C(F)(F)F. The lowest BCUT2D eigenvalue weighted by Gasteiger charge is -2.18. The van der Waals surface area contributed by atoms with Gasteiger partial charge in [-0.15, -0.1) is 0 Å². The Balaban J connectivity index is 3.87. The van der Waals surface area contributed by atoms with Crippen molar-refractivity contribution >= 4 is 0 Å². The van der Waals surface area contributed by atoms with Crippen molar-refractivity contribution in [1.29, 1.82) is 0 Å². The molecule has 0 heterocycles. The summed E-state index contributed by atoms with van der Waals surface area (Å²) in [5, 5.41) is 0. The molecule has 0 aromatic carbocycles. The van der Waals surface area contributed by atoms with E-state index in [1.807, 2.05) is 0 Å². The molecule has 0 saturated carbocycles. The van der Waals surface area contributed by atoms with E-state index in [1.165, 1.54) is 6.92 Å². The maximum absolute atomic E-state index is 12.1. The molecule has 0 aliphatic carbocycles. The summed E-state index contributed by atoms with van der Waals surface area (Å²) in [6.07, 6.45) is -10.9. The van der Waals surface area contributed by atoms with Crippen LogP contribution in [0.25, 0.3) is 0 Å². The summed E-state index contributed by atoms with van der Waals surface area (Å²) in [6.45, 7) is 1.33. The molecule has 0 N–H and O–H groups in total. The zero-order valence-electron chi connectivity index (χ0n) is 7.67. The largest absolute Gasteiger partial charge is 0.391 e. The zero-order chi connectivity index (χ0) is 11.4. The standard InChI is InChI=1S/C8H12F6/c1-2-6(8(12,13)14)4-3-5-7(9,10)11/h6H,2-5H2,1H3. The van der Waals surface area contributed by atoms with Crippen LogP contribution in [-0.2, 0) is 0 Å². The monoisotopic (exact) mass is 222 g/mol. The molecular weight excluding hydrogens is 210 g/mol. The van der Waals surface area contributed by atoms with Gasteiger partial charge in [-0.2, -0.15) is 26.3 Å². The zero-order valence-corrected chi connectivity index (χ0v) is 7.67. The smallest absolute Gasteiger partial charge is 0.171 e. The highest BCUT2D eigenvalue weighted by Gasteiger charge is 2.38. The van der Waals surface area contributed by atoms with E-state index in [1.54, 1.807) is 0 Å².